The zero-order valence-electron chi connectivity index (χ0n) is 14.9. The fraction of sp³-hybridized carbons (Fsp3) is 0.333. The number of nitrogens with zero attached hydrogens (tertiary/aromatic N) is 3. The minimum Gasteiger partial charge on any atom is -0.496 e. The van der Waals surface area contributed by atoms with E-state index in [-0.39, 0.29) is 29.9 Å². The average Bonchev–Trinajstić information content (AvgIpc) is 2.69. The smallest absolute Gasteiger partial charge is 0.296 e. The third-order valence-electron chi connectivity index (χ3n) is 4.45. The summed E-state index contributed by atoms with van der Waals surface area (Å²) in [6, 6.07) is 8.20. The van der Waals surface area contributed by atoms with E-state index >= 15 is 0 Å². The lowest BCUT2D eigenvalue weighted by Crippen LogP contribution is -2.48. The van der Waals surface area contributed by atoms with Gasteiger partial charge in [0.15, 0.2) is 0 Å². The van der Waals surface area contributed by atoms with Crippen LogP contribution in [0.3, 0.4) is 0 Å². The van der Waals surface area contributed by atoms with Gasteiger partial charge < -0.3 is 15.4 Å². The lowest BCUT2D eigenvalue weighted by Gasteiger charge is -2.35. The zero-order chi connectivity index (χ0) is 19.2. The second-order valence-corrected chi connectivity index (χ2v) is 6.17. The molecule has 1 atom stereocenters. The molecule has 1 amide bonds. The van der Waals surface area contributed by atoms with Gasteiger partial charge in [0.05, 0.1) is 24.6 Å². The first-order valence-electron chi connectivity index (χ1n) is 8.55. The molecule has 1 aliphatic rings. The van der Waals surface area contributed by atoms with Gasteiger partial charge in [0, 0.05) is 38.1 Å². The predicted octanol–water partition coefficient (Wildman–Crippen LogP) is 1.58. The molecule has 0 bridgehead atoms. The summed E-state index contributed by atoms with van der Waals surface area (Å²) in [6.45, 7) is 2.30. The van der Waals surface area contributed by atoms with Crippen molar-refractivity contribution in [1.29, 1.82) is 0 Å². The molecule has 1 saturated heterocycles. The number of nitro groups is 1. The number of methoxy groups -OCH3 is 1. The third-order valence-corrected chi connectivity index (χ3v) is 4.45. The first kappa shape index (κ1) is 18.7. The van der Waals surface area contributed by atoms with Crippen LogP contribution in [0.2, 0.25) is 0 Å². The van der Waals surface area contributed by atoms with Gasteiger partial charge in [0.2, 0.25) is 5.91 Å². The highest BCUT2D eigenvalue weighted by Crippen LogP contribution is 2.29. The molecule has 2 aromatic rings. The Kier molecular flexibility index (Phi) is 5.94. The van der Waals surface area contributed by atoms with E-state index in [0.717, 1.165) is 12.1 Å². The molecule has 2 heterocycles. The predicted molar refractivity (Wildman–Crippen MR) is 99.7 cm³/mol. The maximum atomic E-state index is 12.5. The lowest BCUT2D eigenvalue weighted by molar-refractivity contribution is -0.384. The number of hydrogen-bond donors (Lipinski definition) is 2. The van der Waals surface area contributed by atoms with Crippen molar-refractivity contribution in [2.75, 3.05) is 38.6 Å². The molecular weight excluding hydrogens is 350 g/mol. The highest BCUT2D eigenvalue weighted by Gasteiger charge is 2.26. The molecule has 0 saturated carbocycles. The van der Waals surface area contributed by atoms with E-state index in [1.54, 1.807) is 18.5 Å². The Bertz CT molecular complexity index is 815. The molecule has 1 aromatic carbocycles. The van der Waals surface area contributed by atoms with Crippen molar-refractivity contribution in [3.8, 4) is 5.75 Å². The van der Waals surface area contributed by atoms with Gasteiger partial charge in [-0.2, -0.15) is 0 Å². The molecule has 1 unspecified atom stereocenters. The molecule has 9 heteroatoms. The topological polar surface area (TPSA) is 110 Å². The van der Waals surface area contributed by atoms with Crippen LogP contribution in [0.1, 0.15) is 11.6 Å². The van der Waals surface area contributed by atoms with Gasteiger partial charge in [0.25, 0.3) is 5.69 Å². The van der Waals surface area contributed by atoms with Crippen LogP contribution in [0.25, 0.3) is 0 Å². The summed E-state index contributed by atoms with van der Waals surface area (Å²) in [5.41, 5.74) is 0.971. The van der Waals surface area contributed by atoms with E-state index in [1.807, 2.05) is 17.0 Å². The third kappa shape index (κ3) is 4.57. The number of hydrogen-bond acceptors (Lipinski definition) is 7. The fourth-order valence-electron chi connectivity index (χ4n) is 3.11. The van der Waals surface area contributed by atoms with Crippen LogP contribution in [-0.2, 0) is 4.79 Å². The number of aromatic nitrogens is 1. The van der Waals surface area contributed by atoms with Crippen molar-refractivity contribution in [3.63, 3.8) is 0 Å². The Balaban J connectivity index is 1.72. The molecule has 0 spiro atoms. The second kappa shape index (κ2) is 8.56. The Morgan fingerprint density at radius 1 is 1.48 bits per heavy atom. The number of rotatable bonds is 6. The molecule has 0 aliphatic carbocycles. The maximum Gasteiger partial charge on any atom is 0.296 e. The summed E-state index contributed by atoms with van der Waals surface area (Å²) in [7, 11) is 1.43. The number of piperazine rings is 1. The number of ether oxygens (including phenoxy) is 1. The van der Waals surface area contributed by atoms with Crippen molar-refractivity contribution >= 4 is 17.3 Å². The van der Waals surface area contributed by atoms with Crippen molar-refractivity contribution in [2.24, 2.45) is 0 Å². The van der Waals surface area contributed by atoms with Crippen LogP contribution in [0, 0.1) is 10.1 Å². The number of amides is 1. The molecule has 142 valence electrons. The summed E-state index contributed by atoms with van der Waals surface area (Å²) in [5, 5.41) is 17.2. The second-order valence-electron chi connectivity index (χ2n) is 6.17. The molecule has 9 nitrogen and oxygen atoms in total. The maximum absolute atomic E-state index is 12.5. The minimum atomic E-state index is -0.540. The van der Waals surface area contributed by atoms with E-state index in [1.165, 1.54) is 19.2 Å². The van der Waals surface area contributed by atoms with Crippen LogP contribution < -0.4 is 15.4 Å². The molecule has 3 rings (SSSR count). The highest BCUT2D eigenvalue weighted by molar-refractivity contribution is 5.94. The summed E-state index contributed by atoms with van der Waals surface area (Å²) < 4.78 is 5.01. The van der Waals surface area contributed by atoms with Gasteiger partial charge >= 0.3 is 0 Å². The van der Waals surface area contributed by atoms with Crippen LogP contribution in [0.15, 0.2) is 42.7 Å². The number of carbonyl (C=O) groups is 1. The van der Waals surface area contributed by atoms with Crippen molar-refractivity contribution in [3.05, 3.63) is 58.4 Å². The number of carbonyl (C=O) groups excluding carboxylic acids is 1. The van der Waals surface area contributed by atoms with Gasteiger partial charge in [-0.15, -0.1) is 0 Å². The zero-order valence-corrected chi connectivity index (χ0v) is 14.9. The summed E-state index contributed by atoms with van der Waals surface area (Å²) >= 11 is 0. The Morgan fingerprint density at radius 3 is 3.04 bits per heavy atom. The number of benzene rings is 1. The quantitative estimate of drug-likeness (QED) is 0.586. The van der Waals surface area contributed by atoms with Gasteiger partial charge in [-0.05, 0) is 23.8 Å². The summed E-state index contributed by atoms with van der Waals surface area (Å²) in [6.07, 6.45) is 3.50. The first-order chi connectivity index (χ1) is 13.1. The van der Waals surface area contributed by atoms with Gasteiger partial charge in [-0.3, -0.25) is 24.8 Å². The Morgan fingerprint density at radius 2 is 2.33 bits per heavy atom. The van der Waals surface area contributed by atoms with E-state index in [0.29, 0.717) is 18.8 Å². The molecule has 1 aliphatic heterocycles. The summed E-state index contributed by atoms with van der Waals surface area (Å²) in [4.78, 5) is 29.5. The summed E-state index contributed by atoms with van der Waals surface area (Å²) in [5.74, 6) is 0.0532. The van der Waals surface area contributed by atoms with E-state index in [4.69, 9.17) is 4.74 Å². The number of pyridine rings is 1. The molecular formula is C18H21N5O4. The van der Waals surface area contributed by atoms with E-state index < -0.39 is 4.92 Å². The number of nitrogens with one attached hydrogen (secondary N) is 2. The monoisotopic (exact) mass is 371 g/mol. The first-order valence-corrected chi connectivity index (χ1v) is 8.55. The van der Waals surface area contributed by atoms with Crippen LogP contribution >= 0.6 is 0 Å². The number of anilines is 1. The van der Waals surface area contributed by atoms with Crippen LogP contribution in [0.4, 0.5) is 11.4 Å². The molecule has 2 N–H and O–H groups in total. The van der Waals surface area contributed by atoms with Gasteiger partial charge in [-0.1, -0.05) is 6.07 Å². The van der Waals surface area contributed by atoms with Crippen LogP contribution in [0.5, 0.6) is 5.75 Å². The molecule has 27 heavy (non-hydrogen) atoms. The van der Waals surface area contributed by atoms with Crippen molar-refractivity contribution in [1.82, 2.24) is 15.2 Å². The van der Waals surface area contributed by atoms with Crippen molar-refractivity contribution < 1.29 is 14.5 Å². The molecule has 0 radical (unpaired) electrons. The Labute approximate surface area is 156 Å². The van der Waals surface area contributed by atoms with Crippen molar-refractivity contribution in [2.45, 2.75) is 6.04 Å². The van der Waals surface area contributed by atoms with E-state index in [9.17, 15) is 14.9 Å². The lowest BCUT2D eigenvalue weighted by atomic mass is 10.1. The Hall–Kier alpha value is -3.04. The largest absolute Gasteiger partial charge is 0.496 e. The minimum absolute atomic E-state index is 0.0176. The molecule has 1 aromatic heterocycles. The van der Waals surface area contributed by atoms with Gasteiger partial charge in [-0.25, -0.2) is 0 Å². The fourth-order valence-corrected chi connectivity index (χ4v) is 3.11. The van der Waals surface area contributed by atoms with Gasteiger partial charge in [0.1, 0.15) is 11.4 Å². The highest BCUT2D eigenvalue weighted by atomic mass is 16.6. The SMILES string of the molecule is COc1ccc(NC(=O)CN2CCNCC2c2cccnc2)c([N+](=O)[O-])c1. The standard InChI is InChI=1S/C18H21N5O4/c1-27-14-4-5-15(16(9-14)23(25)26)21-18(24)12-22-8-7-20-11-17(22)13-3-2-6-19-10-13/h2-6,9-10,17,20H,7-8,11-12H2,1H3,(H,21,24). The number of nitro benzene ring substituents is 1. The van der Waals surface area contributed by atoms with E-state index in [2.05, 4.69) is 15.6 Å². The average molecular weight is 371 g/mol. The normalized spacial score (nSPS) is 17.3. The van der Waals surface area contributed by atoms with Crippen LogP contribution in [-0.4, -0.2) is 54.0 Å². The molecule has 1 fully saturated rings.